The Morgan fingerprint density at radius 2 is 1.37 bits per heavy atom. The van der Waals surface area contributed by atoms with Gasteiger partial charge in [0.15, 0.2) is 0 Å². The fourth-order valence-corrected chi connectivity index (χ4v) is 6.86. The summed E-state index contributed by atoms with van der Waals surface area (Å²) in [5.74, 6) is -1.67. The molecule has 0 radical (unpaired) electrons. The number of nitrogens with zero attached hydrogens (tertiary/aromatic N) is 1. The number of ether oxygens (including phenoxy) is 2. The quantitative estimate of drug-likeness (QED) is 0.217. The van der Waals surface area contributed by atoms with Gasteiger partial charge < -0.3 is 19.7 Å². The number of esters is 2. The molecule has 0 saturated carbocycles. The van der Waals surface area contributed by atoms with E-state index in [1.165, 1.54) is 18.2 Å². The summed E-state index contributed by atoms with van der Waals surface area (Å²) in [6.07, 6.45) is 2.77. The van der Waals surface area contributed by atoms with Crippen LogP contribution in [0.5, 0.6) is 0 Å². The Bertz CT molecular complexity index is 1470. The lowest BCUT2D eigenvalue weighted by molar-refractivity contribution is -0.139. The summed E-state index contributed by atoms with van der Waals surface area (Å²) in [4.78, 5) is 28.9. The van der Waals surface area contributed by atoms with Gasteiger partial charge in [-0.2, -0.15) is 0 Å². The Morgan fingerprint density at radius 3 is 1.93 bits per heavy atom. The summed E-state index contributed by atoms with van der Waals surface area (Å²) in [5, 5.41) is 3.64. The highest BCUT2D eigenvalue weighted by Gasteiger charge is 2.39. The van der Waals surface area contributed by atoms with E-state index in [0.29, 0.717) is 39.5 Å². The molecule has 0 aliphatic carbocycles. The predicted molar refractivity (Wildman–Crippen MR) is 170 cm³/mol. The third-order valence-corrected chi connectivity index (χ3v) is 9.16. The number of benzene rings is 3. The van der Waals surface area contributed by atoms with Gasteiger partial charge in [0.05, 0.1) is 30.8 Å². The van der Waals surface area contributed by atoms with Gasteiger partial charge in [-0.05, 0) is 69.0 Å². The van der Waals surface area contributed by atoms with E-state index >= 15 is 0 Å². The van der Waals surface area contributed by atoms with Gasteiger partial charge in [0, 0.05) is 28.4 Å². The van der Waals surface area contributed by atoms with Crippen LogP contribution in [0.1, 0.15) is 55.7 Å². The predicted octanol–water partition coefficient (Wildman–Crippen LogP) is 6.76. The van der Waals surface area contributed by atoms with Crippen molar-refractivity contribution in [1.29, 1.82) is 0 Å². The van der Waals surface area contributed by atoms with Crippen molar-refractivity contribution in [2.45, 2.75) is 44.4 Å². The first-order chi connectivity index (χ1) is 20.9. The van der Waals surface area contributed by atoms with Crippen molar-refractivity contribution in [1.82, 2.24) is 10.2 Å². The van der Waals surface area contributed by atoms with Gasteiger partial charge in [0.2, 0.25) is 0 Å². The van der Waals surface area contributed by atoms with E-state index in [2.05, 4.69) is 70.9 Å². The van der Waals surface area contributed by atoms with Crippen molar-refractivity contribution in [2.75, 3.05) is 33.4 Å². The van der Waals surface area contributed by atoms with Crippen LogP contribution in [0.2, 0.25) is 5.02 Å². The summed E-state index contributed by atoms with van der Waals surface area (Å²) < 4.78 is 10.9. The fraction of sp³-hybridized carbons (Fsp3) is 0.333. The number of carbonyl (C=O) groups is 2. The highest BCUT2D eigenvalue weighted by Crippen LogP contribution is 2.43. The molecule has 2 aliphatic rings. The van der Waals surface area contributed by atoms with E-state index in [1.807, 2.05) is 25.1 Å². The molecule has 5 rings (SSSR count). The smallest absolute Gasteiger partial charge is 0.336 e. The molecule has 1 N–H and O–H groups in total. The molecular weight excluding hydrogens is 560 g/mol. The molecule has 1 atom stereocenters. The monoisotopic (exact) mass is 598 g/mol. The lowest BCUT2D eigenvalue weighted by Crippen LogP contribution is -2.43. The van der Waals surface area contributed by atoms with Crippen molar-refractivity contribution in [3.8, 4) is 0 Å². The van der Waals surface area contributed by atoms with Crippen LogP contribution in [-0.2, 0) is 24.5 Å². The van der Waals surface area contributed by atoms with Gasteiger partial charge in [0.25, 0.3) is 0 Å². The zero-order chi connectivity index (χ0) is 30.4. The number of halogens is 1. The molecule has 2 aliphatic heterocycles. The van der Waals surface area contributed by atoms with Crippen molar-refractivity contribution >= 4 is 23.5 Å². The van der Waals surface area contributed by atoms with Crippen molar-refractivity contribution in [2.24, 2.45) is 0 Å². The van der Waals surface area contributed by atoms with E-state index in [0.717, 1.165) is 32.5 Å². The second kappa shape index (κ2) is 13.6. The van der Waals surface area contributed by atoms with Crippen LogP contribution in [-0.4, -0.2) is 50.2 Å². The molecule has 0 amide bonds. The van der Waals surface area contributed by atoms with Crippen molar-refractivity contribution in [3.05, 3.63) is 129 Å². The highest BCUT2D eigenvalue weighted by atomic mass is 35.5. The Morgan fingerprint density at radius 1 is 0.837 bits per heavy atom. The van der Waals surface area contributed by atoms with Crippen LogP contribution in [0.15, 0.2) is 107 Å². The van der Waals surface area contributed by atoms with Crippen molar-refractivity contribution in [3.63, 3.8) is 0 Å². The minimum atomic E-state index is -0.693. The number of methoxy groups -OCH3 is 1. The molecule has 7 heteroatoms. The number of hydrogen-bond donors (Lipinski definition) is 1. The average molecular weight is 599 g/mol. The first kappa shape index (κ1) is 30.6. The first-order valence-corrected chi connectivity index (χ1v) is 15.3. The zero-order valence-corrected chi connectivity index (χ0v) is 25.8. The SMILES string of the molecule is COC(=O)C1=C(C)NC(C)=C(C(=O)OCCCN2CCC(c3ccccc3)(c3ccccc3)CC2)[C@@H]1c1ccccc1Cl. The van der Waals surface area contributed by atoms with E-state index < -0.39 is 17.9 Å². The standard InChI is InChI=1S/C36H39ClN2O4/c1-25-31(34(40)42-3)33(29-17-10-11-18-30(29)37)32(26(2)38-25)35(41)43-24-12-21-39-22-19-36(20-23-39,27-13-6-4-7-14-27)28-15-8-5-9-16-28/h4-11,13-18,33,38H,12,19-24H2,1-3H3/t33-/m1/s1. The molecule has 0 aromatic heterocycles. The number of nitrogens with one attached hydrogen (secondary N) is 1. The fourth-order valence-electron chi connectivity index (χ4n) is 6.61. The van der Waals surface area contributed by atoms with E-state index in [-0.39, 0.29) is 12.0 Å². The normalized spacial score (nSPS) is 18.7. The molecule has 3 aromatic rings. The molecule has 1 saturated heterocycles. The molecular formula is C36H39ClN2O4. The third kappa shape index (κ3) is 6.41. The van der Waals surface area contributed by atoms with E-state index in [9.17, 15) is 9.59 Å². The van der Waals surface area contributed by atoms with E-state index in [4.69, 9.17) is 21.1 Å². The molecule has 0 spiro atoms. The van der Waals surface area contributed by atoms with Gasteiger partial charge in [0.1, 0.15) is 0 Å². The van der Waals surface area contributed by atoms with Gasteiger partial charge in [-0.3, -0.25) is 0 Å². The Kier molecular flexibility index (Phi) is 9.69. The van der Waals surface area contributed by atoms with E-state index in [1.54, 1.807) is 13.0 Å². The molecule has 1 fully saturated rings. The second-order valence-corrected chi connectivity index (χ2v) is 11.7. The Hall–Kier alpha value is -3.87. The maximum Gasteiger partial charge on any atom is 0.336 e. The molecule has 224 valence electrons. The summed E-state index contributed by atoms with van der Waals surface area (Å²) in [6, 6.07) is 28.9. The summed E-state index contributed by atoms with van der Waals surface area (Å²) in [5.41, 5.74) is 5.36. The largest absolute Gasteiger partial charge is 0.466 e. The maximum atomic E-state index is 13.6. The minimum absolute atomic E-state index is 0.000187. The molecule has 43 heavy (non-hydrogen) atoms. The van der Waals surface area contributed by atoms with Crippen LogP contribution < -0.4 is 5.32 Å². The van der Waals surface area contributed by atoms with Crippen LogP contribution in [0.25, 0.3) is 0 Å². The second-order valence-electron chi connectivity index (χ2n) is 11.3. The number of dihydropyridines is 1. The summed E-state index contributed by atoms with van der Waals surface area (Å²) in [6.45, 7) is 6.66. The lowest BCUT2D eigenvalue weighted by atomic mass is 9.68. The van der Waals surface area contributed by atoms with Gasteiger partial charge >= 0.3 is 11.9 Å². The zero-order valence-electron chi connectivity index (χ0n) is 25.1. The molecule has 2 heterocycles. The first-order valence-electron chi connectivity index (χ1n) is 14.9. The number of likely N-dealkylation sites (tertiary alicyclic amines) is 1. The van der Waals surface area contributed by atoms with Crippen LogP contribution >= 0.6 is 11.6 Å². The number of hydrogen-bond acceptors (Lipinski definition) is 6. The maximum absolute atomic E-state index is 13.6. The molecule has 3 aromatic carbocycles. The number of allylic oxidation sites excluding steroid dienone is 2. The average Bonchev–Trinajstić information content (AvgIpc) is 3.04. The van der Waals surface area contributed by atoms with Crippen LogP contribution in [0, 0.1) is 0 Å². The number of rotatable bonds is 9. The third-order valence-electron chi connectivity index (χ3n) is 8.82. The molecule has 0 bridgehead atoms. The molecule has 6 nitrogen and oxygen atoms in total. The Labute approximate surface area is 259 Å². The Balaban J connectivity index is 1.23. The summed E-state index contributed by atoms with van der Waals surface area (Å²) >= 11 is 6.57. The van der Waals surface area contributed by atoms with Gasteiger partial charge in [-0.1, -0.05) is 90.5 Å². The lowest BCUT2D eigenvalue weighted by Gasteiger charge is -2.43. The topological polar surface area (TPSA) is 67.9 Å². The van der Waals surface area contributed by atoms with Crippen molar-refractivity contribution < 1.29 is 19.1 Å². The van der Waals surface area contributed by atoms with Gasteiger partial charge in [-0.15, -0.1) is 0 Å². The minimum Gasteiger partial charge on any atom is -0.466 e. The number of piperidine rings is 1. The van der Waals surface area contributed by atoms with Gasteiger partial charge in [-0.25, -0.2) is 9.59 Å². The number of carbonyl (C=O) groups excluding carboxylic acids is 2. The van der Waals surface area contributed by atoms with Crippen LogP contribution in [0.3, 0.4) is 0 Å². The highest BCUT2D eigenvalue weighted by molar-refractivity contribution is 6.31. The summed E-state index contributed by atoms with van der Waals surface area (Å²) in [7, 11) is 1.33. The molecule has 0 unspecified atom stereocenters. The van der Waals surface area contributed by atoms with Crippen LogP contribution in [0.4, 0.5) is 0 Å².